The Morgan fingerprint density at radius 2 is 1.74 bits per heavy atom. The average Bonchev–Trinajstić information content (AvgIpc) is 2.42. The number of benzene rings is 2. The van der Waals surface area contributed by atoms with Crippen LogP contribution in [0.4, 0.5) is 8.78 Å². The number of hydrogen-bond donors (Lipinski definition) is 1. The first-order chi connectivity index (χ1) is 9.09. The summed E-state index contributed by atoms with van der Waals surface area (Å²) in [6.45, 7) is 0. The molecule has 0 aliphatic rings. The van der Waals surface area contributed by atoms with Gasteiger partial charge in [-0.15, -0.1) is 0 Å². The van der Waals surface area contributed by atoms with E-state index in [1.54, 1.807) is 0 Å². The maximum atomic E-state index is 13.8. The van der Waals surface area contributed by atoms with Crippen molar-refractivity contribution in [2.24, 2.45) is 0 Å². The topological polar surface area (TPSA) is 20.2 Å². The van der Waals surface area contributed by atoms with Crippen LogP contribution in [-0.4, -0.2) is 5.11 Å². The molecule has 2 rings (SSSR count). The Kier molecular flexibility index (Phi) is 4.66. The van der Waals surface area contributed by atoms with Crippen molar-refractivity contribution in [2.45, 2.75) is 18.9 Å². The van der Waals surface area contributed by atoms with E-state index < -0.39 is 17.7 Å². The van der Waals surface area contributed by atoms with E-state index in [1.165, 1.54) is 6.07 Å². The Morgan fingerprint density at radius 3 is 2.42 bits per heavy atom. The summed E-state index contributed by atoms with van der Waals surface area (Å²) in [6.07, 6.45) is -0.320. The van der Waals surface area contributed by atoms with Crippen molar-refractivity contribution in [3.63, 3.8) is 0 Å². The molecule has 0 heterocycles. The fourth-order valence-corrected chi connectivity index (χ4v) is 2.29. The van der Waals surface area contributed by atoms with E-state index in [1.807, 2.05) is 30.3 Å². The molecule has 2 aromatic rings. The molecule has 100 valence electrons. The highest BCUT2D eigenvalue weighted by Crippen LogP contribution is 2.29. The van der Waals surface area contributed by atoms with Gasteiger partial charge in [-0.25, -0.2) is 8.78 Å². The minimum Gasteiger partial charge on any atom is -0.388 e. The normalized spacial score (nSPS) is 12.4. The van der Waals surface area contributed by atoms with Gasteiger partial charge in [-0.05, 0) is 46.5 Å². The molecule has 1 unspecified atom stereocenters. The first-order valence-corrected chi connectivity index (χ1v) is 6.74. The lowest BCUT2D eigenvalue weighted by atomic mass is 10.0. The summed E-state index contributed by atoms with van der Waals surface area (Å²) < 4.78 is 27.5. The molecule has 0 aliphatic heterocycles. The van der Waals surface area contributed by atoms with E-state index in [9.17, 15) is 13.9 Å². The van der Waals surface area contributed by atoms with E-state index in [4.69, 9.17) is 0 Å². The fraction of sp³-hybridized carbons (Fsp3) is 0.200. The predicted molar refractivity (Wildman–Crippen MR) is 73.8 cm³/mol. The van der Waals surface area contributed by atoms with Crippen LogP contribution in [0.3, 0.4) is 0 Å². The van der Waals surface area contributed by atoms with Gasteiger partial charge in [-0.3, -0.25) is 0 Å². The zero-order chi connectivity index (χ0) is 13.8. The van der Waals surface area contributed by atoms with Gasteiger partial charge in [0.25, 0.3) is 0 Å². The van der Waals surface area contributed by atoms with Gasteiger partial charge in [0, 0.05) is 0 Å². The Labute approximate surface area is 119 Å². The smallest absolute Gasteiger partial charge is 0.146 e. The van der Waals surface area contributed by atoms with Crippen LogP contribution in [0.25, 0.3) is 0 Å². The van der Waals surface area contributed by atoms with Gasteiger partial charge in [0.05, 0.1) is 16.1 Å². The Hall–Kier alpha value is -1.26. The molecule has 0 aliphatic carbocycles. The SMILES string of the molecule is OC(CCc1ccccc1)c1c(F)ccc(Br)c1F. The fourth-order valence-electron chi connectivity index (χ4n) is 1.94. The molecule has 0 fully saturated rings. The van der Waals surface area contributed by atoms with Crippen molar-refractivity contribution in [2.75, 3.05) is 0 Å². The molecule has 4 heteroatoms. The maximum absolute atomic E-state index is 13.8. The quantitative estimate of drug-likeness (QED) is 0.826. The lowest BCUT2D eigenvalue weighted by Gasteiger charge is -2.13. The molecule has 0 bridgehead atoms. The summed E-state index contributed by atoms with van der Waals surface area (Å²) in [5.41, 5.74) is 0.752. The van der Waals surface area contributed by atoms with Crippen LogP contribution >= 0.6 is 15.9 Å². The van der Waals surface area contributed by atoms with Crippen molar-refractivity contribution in [3.05, 3.63) is 69.7 Å². The van der Waals surface area contributed by atoms with Crippen molar-refractivity contribution in [1.29, 1.82) is 0 Å². The van der Waals surface area contributed by atoms with Crippen LogP contribution in [-0.2, 0) is 6.42 Å². The molecule has 0 saturated heterocycles. The molecule has 19 heavy (non-hydrogen) atoms. The molecular weight excluding hydrogens is 314 g/mol. The van der Waals surface area contributed by atoms with Gasteiger partial charge >= 0.3 is 0 Å². The highest BCUT2D eigenvalue weighted by Gasteiger charge is 2.19. The molecule has 0 saturated carbocycles. The second kappa shape index (κ2) is 6.26. The third-order valence-electron chi connectivity index (χ3n) is 2.96. The lowest BCUT2D eigenvalue weighted by Crippen LogP contribution is -2.06. The number of aryl methyl sites for hydroxylation is 1. The standard InChI is InChI=1S/C15H13BrF2O/c16-11-7-8-12(17)14(15(11)18)13(19)9-6-10-4-2-1-3-5-10/h1-5,7-8,13,19H,6,9H2. The Balaban J connectivity index is 2.12. The van der Waals surface area contributed by atoms with Crippen LogP contribution in [0.5, 0.6) is 0 Å². The molecule has 1 N–H and O–H groups in total. The van der Waals surface area contributed by atoms with E-state index in [0.717, 1.165) is 11.6 Å². The first-order valence-electron chi connectivity index (χ1n) is 5.95. The van der Waals surface area contributed by atoms with Crippen LogP contribution in [0.1, 0.15) is 23.7 Å². The third kappa shape index (κ3) is 3.39. The van der Waals surface area contributed by atoms with E-state index in [-0.39, 0.29) is 16.5 Å². The number of halogens is 3. The first kappa shape index (κ1) is 14.2. The Morgan fingerprint density at radius 1 is 1.05 bits per heavy atom. The second-order valence-electron chi connectivity index (χ2n) is 4.30. The number of aliphatic hydroxyl groups excluding tert-OH is 1. The van der Waals surface area contributed by atoms with Crippen LogP contribution in [0.2, 0.25) is 0 Å². The maximum Gasteiger partial charge on any atom is 0.146 e. The lowest BCUT2D eigenvalue weighted by molar-refractivity contribution is 0.158. The van der Waals surface area contributed by atoms with E-state index in [2.05, 4.69) is 15.9 Å². The molecule has 1 atom stereocenters. The van der Waals surface area contributed by atoms with Crippen LogP contribution < -0.4 is 0 Å². The largest absolute Gasteiger partial charge is 0.388 e. The Bertz CT molecular complexity index is 558. The van der Waals surface area contributed by atoms with Crippen molar-refractivity contribution < 1.29 is 13.9 Å². The van der Waals surface area contributed by atoms with Gasteiger partial charge in [-0.2, -0.15) is 0 Å². The summed E-state index contributed by atoms with van der Waals surface area (Å²) in [4.78, 5) is 0. The highest BCUT2D eigenvalue weighted by molar-refractivity contribution is 9.10. The van der Waals surface area contributed by atoms with Crippen molar-refractivity contribution in [3.8, 4) is 0 Å². The van der Waals surface area contributed by atoms with E-state index >= 15 is 0 Å². The molecule has 0 aromatic heterocycles. The summed E-state index contributed by atoms with van der Waals surface area (Å²) in [5.74, 6) is -1.46. The minimum atomic E-state index is -1.15. The van der Waals surface area contributed by atoms with Crippen molar-refractivity contribution >= 4 is 15.9 Å². The highest BCUT2D eigenvalue weighted by atomic mass is 79.9. The van der Waals surface area contributed by atoms with Gasteiger partial charge < -0.3 is 5.11 Å². The monoisotopic (exact) mass is 326 g/mol. The van der Waals surface area contributed by atoms with Gasteiger partial charge in [-0.1, -0.05) is 30.3 Å². The molecule has 0 amide bonds. The zero-order valence-corrected chi connectivity index (χ0v) is 11.7. The summed E-state index contributed by atoms with van der Waals surface area (Å²) in [5, 5.41) is 9.97. The zero-order valence-electron chi connectivity index (χ0n) is 10.1. The molecule has 1 nitrogen and oxygen atoms in total. The molecular formula is C15H13BrF2O. The summed E-state index contributed by atoms with van der Waals surface area (Å²) in [7, 11) is 0. The van der Waals surface area contributed by atoms with Gasteiger partial charge in [0.15, 0.2) is 0 Å². The third-order valence-corrected chi connectivity index (χ3v) is 3.57. The van der Waals surface area contributed by atoms with Crippen molar-refractivity contribution in [1.82, 2.24) is 0 Å². The summed E-state index contributed by atoms with van der Waals surface area (Å²) in [6, 6.07) is 11.9. The van der Waals surface area contributed by atoms with Gasteiger partial charge in [0.2, 0.25) is 0 Å². The summed E-state index contributed by atoms with van der Waals surface area (Å²) >= 11 is 2.99. The molecule has 0 radical (unpaired) electrons. The molecule has 2 aromatic carbocycles. The predicted octanol–water partition coefficient (Wildman–Crippen LogP) is 4.39. The van der Waals surface area contributed by atoms with Crippen LogP contribution in [0, 0.1) is 11.6 Å². The average molecular weight is 327 g/mol. The number of aliphatic hydroxyl groups is 1. The van der Waals surface area contributed by atoms with E-state index in [0.29, 0.717) is 6.42 Å². The second-order valence-corrected chi connectivity index (χ2v) is 5.15. The van der Waals surface area contributed by atoms with Gasteiger partial charge in [0.1, 0.15) is 11.6 Å². The minimum absolute atomic E-state index is 0.155. The van der Waals surface area contributed by atoms with Crippen LogP contribution in [0.15, 0.2) is 46.9 Å². The molecule has 0 spiro atoms. The number of hydrogen-bond acceptors (Lipinski definition) is 1. The number of rotatable bonds is 4.